The van der Waals surface area contributed by atoms with Gasteiger partial charge < -0.3 is 0 Å². The third-order valence-corrected chi connectivity index (χ3v) is 8.85. The predicted molar refractivity (Wildman–Crippen MR) is 112 cm³/mol. The molecule has 1 atom stereocenters. The van der Waals surface area contributed by atoms with E-state index in [1.807, 2.05) is 0 Å². The Morgan fingerprint density at radius 2 is 1.65 bits per heavy atom. The first-order valence-corrected chi connectivity index (χ1v) is 11.8. The highest BCUT2D eigenvalue weighted by atomic mass is 35.5. The van der Waals surface area contributed by atoms with Gasteiger partial charge in [-0.3, -0.25) is 9.69 Å². The number of carbonyl (C=O) groups is 1. The Hall–Kier alpha value is -2.34. The Morgan fingerprint density at radius 1 is 1.03 bits per heavy atom. The lowest BCUT2D eigenvalue weighted by Crippen LogP contribution is -2.49. The van der Waals surface area contributed by atoms with Crippen molar-refractivity contribution in [3.63, 3.8) is 0 Å². The zero-order valence-corrected chi connectivity index (χ0v) is 19.4. The lowest BCUT2D eigenvalue weighted by atomic mass is 9.85. The lowest BCUT2D eigenvalue weighted by molar-refractivity contribution is -0.138. The molecule has 0 bridgehead atoms. The van der Waals surface area contributed by atoms with Crippen LogP contribution in [0.25, 0.3) is 0 Å². The number of pyridine rings is 1. The van der Waals surface area contributed by atoms with Crippen LogP contribution in [0.15, 0.2) is 41.4 Å². The number of anilines is 1. The van der Waals surface area contributed by atoms with Crippen molar-refractivity contribution in [3.8, 4) is 0 Å². The molecule has 34 heavy (non-hydrogen) atoms. The van der Waals surface area contributed by atoms with Gasteiger partial charge in [0.05, 0.1) is 25.8 Å². The number of nitrogens with zero attached hydrogens (tertiary/aromatic N) is 2. The van der Waals surface area contributed by atoms with Gasteiger partial charge in [-0.15, -0.1) is 0 Å². The Bertz CT molecular complexity index is 1210. The molecule has 3 rings (SSSR count). The van der Waals surface area contributed by atoms with E-state index in [0.717, 1.165) is 23.1 Å². The maximum absolute atomic E-state index is 13.2. The number of amides is 1. The average Bonchev–Trinajstić information content (AvgIpc) is 2.72. The zero-order valence-electron chi connectivity index (χ0n) is 17.8. The summed E-state index contributed by atoms with van der Waals surface area (Å²) in [4.78, 5) is 17.0. The van der Waals surface area contributed by atoms with Gasteiger partial charge in [-0.05, 0) is 50.5 Å². The van der Waals surface area contributed by atoms with Gasteiger partial charge in [0.25, 0.3) is 0 Å². The number of sulfone groups is 1. The first kappa shape index (κ1) is 26.3. The number of hydrogen-bond donors (Lipinski definition) is 0. The molecule has 1 aliphatic heterocycles. The molecule has 1 fully saturated rings. The van der Waals surface area contributed by atoms with E-state index in [1.54, 1.807) is 0 Å². The van der Waals surface area contributed by atoms with Gasteiger partial charge in [0.1, 0.15) is 0 Å². The van der Waals surface area contributed by atoms with Crippen molar-refractivity contribution in [1.82, 2.24) is 4.98 Å². The van der Waals surface area contributed by atoms with E-state index in [2.05, 4.69) is 4.98 Å². The molecule has 0 N–H and O–H groups in total. The van der Waals surface area contributed by atoms with E-state index >= 15 is 0 Å². The fourth-order valence-electron chi connectivity index (χ4n) is 3.80. The molecule has 5 nitrogen and oxygen atoms in total. The smallest absolute Gasteiger partial charge is 0.296 e. The predicted octanol–water partition coefficient (Wildman–Crippen LogP) is 5.77. The third-order valence-electron chi connectivity index (χ3n) is 5.98. The Morgan fingerprint density at radius 3 is 2.18 bits per heavy atom. The number of piperidine rings is 1. The van der Waals surface area contributed by atoms with Crippen molar-refractivity contribution >= 4 is 33.2 Å². The van der Waals surface area contributed by atoms with Gasteiger partial charge in [0.15, 0.2) is 15.7 Å². The summed E-state index contributed by atoms with van der Waals surface area (Å²) in [6.07, 6.45) is -9.07. The van der Waals surface area contributed by atoms with Crippen LogP contribution in [0.2, 0.25) is 5.02 Å². The Kier molecular flexibility index (Phi) is 6.73. The minimum absolute atomic E-state index is 0.0802. The van der Waals surface area contributed by atoms with Crippen molar-refractivity contribution in [1.29, 1.82) is 0 Å². The highest BCUT2D eigenvalue weighted by molar-refractivity contribution is 7.92. The molecule has 0 radical (unpaired) electrons. The largest absolute Gasteiger partial charge is 0.417 e. The van der Waals surface area contributed by atoms with Crippen LogP contribution < -0.4 is 4.90 Å². The van der Waals surface area contributed by atoms with E-state index in [-0.39, 0.29) is 25.2 Å². The highest BCUT2D eigenvalue weighted by Gasteiger charge is 2.47. The molecule has 1 amide bonds. The van der Waals surface area contributed by atoms with E-state index in [1.165, 1.54) is 13.8 Å². The normalized spacial score (nSPS) is 18.3. The second kappa shape index (κ2) is 8.71. The van der Waals surface area contributed by atoms with Crippen LogP contribution in [-0.4, -0.2) is 30.6 Å². The number of carbonyl (C=O) groups excluding carboxylic acids is 1. The molecule has 2 heterocycles. The fourth-order valence-corrected chi connectivity index (χ4v) is 5.85. The number of benzene rings is 1. The van der Waals surface area contributed by atoms with Crippen molar-refractivity contribution in [3.05, 3.63) is 52.7 Å². The first-order valence-electron chi connectivity index (χ1n) is 9.91. The topological polar surface area (TPSA) is 67.3 Å². The van der Waals surface area contributed by atoms with E-state index < -0.39 is 59.8 Å². The van der Waals surface area contributed by atoms with E-state index in [0.29, 0.717) is 18.3 Å². The maximum Gasteiger partial charge on any atom is 0.417 e. The molecule has 0 aliphatic carbocycles. The molecular weight excluding hydrogens is 510 g/mol. The van der Waals surface area contributed by atoms with Crippen molar-refractivity contribution in [2.24, 2.45) is 5.92 Å². The standard InChI is InChI=1S/C21H19ClF6N2O3S/c1-19(2,34(32,33)15-5-3-4-13(8-15)20(23,24)25)12-6-7-30(17(31)10-12)18-16(22)9-14(11-29-18)21(26,27)28/h3-5,8-9,11-12H,6-7,10H2,1-2H3/t12-/m1/s1. The van der Waals surface area contributed by atoms with Crippen molar-refractivity contribution in [2.45, 2.75) is 48.7 Å². The summed E-state index contributed by atoms with van der Waals surface area (Å²) >= 11 is 5.92. The molecule has 13 heteroatoms. The van der Waals surface area contributed by atoms with Crippen LogP contribution in [-0.2, 0) is 27.0 Å². The van der Waals surface area contributed by atoms with Crippen molar-refractivity contribution < 1.29 is 39.6 Å². The van der Waals surface area contributed by atoms with Gasteiger partial charge in [-0.2, -0.15) is 26.3 Å². The molecule has 1 aromatic heterocycles. The molecule has 1 aliphatic rings. The number of aromatic nitrogens is 1. The summed E-state index contributed by atoms with van der Waals surface area (Å²) in [5.41, 5.74) is -2.20. The first-order chi connectivity index (χ1) is 15.5. The maximum atomic E-state index is 13.2. The van der Waals surface area contributed by atoms with Crippen LogP contribution in [0.4, 0.5) is 32.2 Å². The average molecular weight is 529 g/mol. The molecule has 1 aromatic carbocycles. The fraction of sp³-hybridized carbons (Fsp3) is 0.429. The third kappa shape index (κ3) is 4.88. The molecule has 0 spiro atoms. The number of halogens is 7. The van der Waals surface area contributed by atoms with Crippen LogP contribution >= 0.6 is 11.6 Å². The number of hydrogen-bond acceptors (Lipinski definition) is 4. The summed E-state index contributed by atoms with van der Waals surface area (Å²) in [6, 6.07) is 4.02. The Labute approximate surface area is 196 Å². The second-order valence-electron chi connectivity index (χ2n) is 8.39. The SMILES string of the molecule is CC(C)([C@@H]1CCN(c2ncc(C(F)(F)F)cc2Cl)C(=O)C1)S(=O)(=O)c1cccc(C(F)(F)F)c1. The van der Waals surface area contributed by atoms with Gasteiger partial charge in [0, 0.05) is 19.2 Å². The van der Waals surface area contributed by atoms with Gasteiger partial charge in [-0.1, -0.05) is 17.7 Å². The minimum atomic E-state index is -4.73. The number of alkyl halides is 6. The highest BCUT2D eigenvalue weighted by Crippen LogP contribution is 2.41. The summed E-state index contributed by atoms with van der Waals surface area (Å²) in [5, 5.41) is -0.391. The lowest BCUT2D eigenvalue weighted by Gasteiger charge is -2.39. The van der Waals surface area contributed by atoms with Crippen LogP contribution in [0, 0.1) is 5.92 Å². The monoisotopic (exact) mass is 528 g/mol. The van der Waals surface area contributed by atoms with E-state index in [9.17, 15) is 39.6 Å². The summed E-state index contributed by atoms with van der Waals surface area (Å²) < 4.78 is 103. The van der Waals surface area contributed by atoms with Crippen molar-refractivity contribution in [2.75, 3.05) is 11.4 Å². The van der Waals surface area contributed by atoms with Gasteiger partial charge in [-0.25, -0.2) is 13.4 Å². The van der Waals surface area contributed by atoms with Crippen LogP contribution in [0.1, 0.15) is 37.8 Å². The quantitative estimate of drug-likeness (QED) is 0.473. The summed E-state index contributed by atoms with van der Waals surface area (Å²) in [5.74, 6) is -1.57. The summed E-state index contributed by atoms with van der Waals surface area (Å²) in [6.45, 7) is 2.59. The molecular formula is C21H19ClF6N2O3S. The van der Waals surface area contributed by atoms with E-state index in [4.69, 9.17) is 11.6 Å². The Balaban J connectivity index is 1.85. The van der Waals surface area contributed by atoms with Gasteiger partial charge >= 0.3 is 12.4 Å². The summed E-state index contributed by atoms with van der Waals surface area (Å²) in [7, 11) is -4.29. The second-order valence-corrected chi connectivity index (χ2v) is 11.3. The van der Waals surface area contributed by atoms with Crippen LogP contribution in [0.5, 0.6) is 0 Å². The van der Waals surface area contributed by atoms with Gasteiger partial charge in [0.2, 0.25) is 5.91 Å². The molecule has 1 saturated heterocycles. The molecule has 0 unspecified atom stereocenters. The molecule has 0 saturated carbocycles. The zero-order chi connectivity index (χ0) is 25.7. The van der Waals surface area contributed by atoms with Crippen LogP contribution in [0.3, 0.4) is 0 Å². The molecule has 186 valence electrons. The molecule has 2 aromatic rings. The minimum Gasteiger partial charge on any atom is -0.296 e. The number of rotatable bonds is 4.